The smallest absolute Gasteiger partial charge is 0.270 e. The minimum Gasteiger partial charge on any atom is -0.758 e. The number of hydrogen-bond acceptors (Lipinski definition) is 5. The second kappa shape index (κ2) is 8.25. The monoisotopic (exact) mass is 355 g/mol. The van der Waals surface area contributed by atoms with Crippen LogP contribution in [0.25, 0.3) is 0 Å². The number of nitro benzene ring substituents is 1. The molecule has 0 aliphatic heterocycles. The van der Waals surface area contributed by atoms with Crippen LogP contribution in [0.3, 0.4) is 0 Å². The van der Waals surface area contributed by atoms with Crippen molar-refractivity contribution in [2.24, 2.45) is 4.99 Å². The zero-order chi connectivity index (χ0) is 18.4. The number of rotatable bonds is 7. The van der Waals surface area contributed by atoms with Crippen LogP contribution in [0, 0.1) is 17.0 Å². The van der Waals surface area contributed by atoms with E-state index < -0.39 is 11.0 Å². The van der Waals surface area contributed by atoms with Gasteiger partial charge in [0.1, 0.15) is 0 Å². The molecule has 6 nitrogen and oxygen atoms in total. The largest absolute Gasteiger partial charge is 0.758 e. The van der Waals surface area contributed by atoms with Gasteiger partial charge in [0.2, 0.25) is 11.8 Å². The van der Waals surface area contributed by atoms with Crippen LogP contribution < -0.4 is 4.57 Å². The van der Waals surface area contributed by atoms with Crippen LogP contribution in [0.1, 0.15) is 22.0 Å². The quantitative estimate of drug-likeness (QED) is 0.112. The highest BCUT2D eigenvalue weighted by atomic mass is 32.1. The summed E-state index contributed by atoms with van der Waals surface area (Å²) in [4.78, 5) is 27.6. The van der Waals surface area contributed by atoms with Gasteiger partial charge in [-0.3, -0.25) is 14.9 Å². The van der Waals surface area contributed by atoms with Gasteiger partial charge < -0.3 is 17.6 Å². The van der Waals surface area contributed by atoms with E-state index in [4.69, 9.17) is 12.6 Å². The fraction of sp³-hybridized carbons (Fsp3) is 0.167. The van der Waals surface area contributed by atoms with Crippen molar-refractivity contribution in [2.45, 2.75) is 13.0 Å². The fourth-order valence-electron chi connectivity index (χ4n) is 2.32. The number of carbonyl (C=O) groups excluding carboxylic acids is 1. The van der Waals surface area contributed by atoms with Gasteiger partial charge in [-0.25, -0.2) is 0 Å². The minimum atomic E-state index is -0.850. The molecule has 0 saturated carbocycles. The molecule has 0 bridgehead atoms. The Kier molecular flexibility index (Phi) is 6.08. The number of pyridine rings is 1. The third-order valence-electron chi connectivity index (χ3n) is 3.47. The zero-order valence-corrected chi connectivity index (χ0v) is 14.5. The Morgan fingerprint density at radius 3 is 2.84 bits per heavy atom. The molecule has 0 spiro atoms. The van der Waals surface area contributed by atoms with E-state index in [1.54, 1.807) is 29.1 Å². The number of nitrogens with zero attached hydrogens (tertiary/aromatic N) is 3. The molecular weight excluding hydrogens is 338 g/mol. The molecule has 7 heteroatoms. The Bertz CT molecular complexity index is 849. The molecule has 0 aliphatic carbocycles. The number of carbonyl (C=O) groups is 1. The van der Waals surface area contributed by atoms with Crippen molar-refractivity contribution in [3.63, 3.8) is 0 Å². The van der Waals surface area contributed by atoms with E-state index in [2.05, 4.69) is 11.6 Å². The summed E-state index contributed by atoms with van der Waals surface area (Å²) in [6.45, 7) is 5.79. The summed E-state index contributed by atoms with van der Waals surface area (Å²) in [5, 5.41) is 11.2. The standard InChI is InChI=1S/C18H17N3O3S/c1-3-9-19-18(25)16(20-10-5-6-13(2)12-20)17(22)14-7-4-8-15(11-14)21(23)24/h3-8,10-12,16H,1,9H2,2H3/t16-/m1/s1. The molecule has 1 atom stereocenters. The van der Waals surface area contributed by atoms with Crippen LogP contribution in [0.2, 0.25) is 0 Å². The number of aromatic nitrogens is 1. The van der Waals surface area contributed by atoms with Crippen LogP contribution in [-0.4, -0.2) is 22.3 Å². The number of non-ortho nitro benzene ring substituents is 1. The van der Waals surface area contributed by atoms with E-state index in [1.165, 1.54) is 24.3 Å². The maximum atomic E-state index is 13.0. The number of benzene rings is 1. The molecule has 1 heterocycles. The zero-order valence-electron chi connectivity index (χ0n) is 13.7. The number of aryl methyl sites for hydroxylation is 1. The molecule has 0 saturated heterocycles. The molecule has 0 aliphatic rings. The summed E-state index contributed by atoms with van der Waals surface area (Å²) in [6.07, 6.45) is 5.10. The molecule has 128 valence electrons. The average molecular weight is 355 g/mol. The second-order valence-electron chi connectivity index (χ2n) is 5.37. The Labute approximate surface area is 151 Å². The SMILES string of the molecule is C=CCN=C([S-])[C@@H](C(=O)c1cccc([N+](=O)[O-])c1)[n+]1cccc(C)c1. The van der Waals surface area contributed by atoms with E-state index >= 15 is 0 Å². The van der Waals surface area contributed by atoms with Gasteiger partial charge in [0.25, 0.3) is 5.69 Å². The number of nitro groups is 1. The molecule has 1 aromatic heterocycles. The third kappa shape index (κ3) is 4.54. The third-order valence-corrected chi connectivity index (χ3v) is 3.82. The van der Waals surface area contributed by atoms with Crippen molar-refractivity contribution in [3.8, 4) is 0 Å². The normalized spacial score (nSPS) is 12.4. The summed E-state index contributed by atoms with van der Waals surface area (Å²) < 4.78 is 1.67. The van der Waals surface area contributed by atoms with Gasteiger partial charge in [-0.05, 0) is 18.0 Å². The Balaban J connectivity index is 2.51. The van der Waals surface area contributed by atoms with Crippen molar-refractivity contribution in [2.75, 3.05) is 6.54 Å². The molecule has 25 heavy (non-hydrogen) atoms. The second-order valence-corrected chi connectivity index (χ2v) is 5.79. The minimum absolute atomic E-state index is 0.146. The molecule has 0 radical (unpaired) electrons. The van der Waals surface area contributed by atoms with Gasteiger partial charge in [-0.15, -0.1) is 6.58 Å². The van der Waals surface area contributed by atoms with Gasteiger partial charge in [-0.2, -0.15) is 4.57 Å². The van der Waals surface area contributed by atoms with Crippen molar-refractivity contribution in [3.05, 3.63) is 82.7 Å². The van der Waals surface area contributed by atoms with Gasteiger partial charge in [0.15, 0.2) is 12.4 Å². The van der Waals surface area contributed by atoms with Gasteiger partial charge >= 0.3 is 0 Å². The maximum absolute atomic E-state index is 13.0. The summed E-state index contributed by atoms with van der Waals surface area (Å²) in [7, 11) is 0. The lowest BCUT2D eigenvalue weighted by molar-refractivity contribution is -0.692. The molecule has 0 fully saturated rings. The molecule has 2 aromatic rings. The van der Waals surface area contributed by atoms with Gasteiger partial charge in [0.05, 0.1) is 11.5 Å². The first-order valence-corrected chi connectivity index (χ1v) is 7.93. The predicted molar refractivity (Wildman–Crippen MR) is 97.7 cm³/mol. The summed E-state index contributed by atoms with van der Waals surface area (Å²) in [5.41, 5.74) is 1.02. The average Bonchev–Trinajstić information content (AvgIpc) is 2.60. The van der Waals surface area contributed by atoms with Gasteiger partial charge in [-0.1, -0.05) is 18.2 Å². The molecule has 0 amide bonds. The number of hydrogen-bond donors (Lipinski definition) is 0. The molecular formula is C18H17N3O3S. The van der Waals surface area contributed by atoms with E-state index in [-0.39, 0.29) is 22.1 Å². The van der Waals surface area contributed by atoms with Crippen LogP contribution in [0.4, 0.5) is 5.69 Å². The highest BCUT2D eigenvalue weighted by molar-refractivity contribution is 7.77. The van der Waals surface area contributed by atoms with Crippen LogP contribution in [0.15, 0.2) is 66.4 Å². The van der Waals surface area contributed by atoms with Crippen LogP contribution in [0.5, 0.6) is 0 Å². The maximum Gasteiger partial charge on any atom is 0.270 e. The summed E-state index contributed by atoms with van der Waals surface area (Å²) >= 11 is 5.34. The highest BCUT2D eigenvalue weighted by Gasteiger charge is 2.29. The Morgan fingerprint density at radius 1 is 1.44 bits per heavy atom. The van der Waals surface area contributed by atoms with Gasteiger partial charge in [0, 0.05) is 29.3 Å². The number of ketones is 1. The first kappa shape index (κ1) is 18.4. The van der Waals surface area contributed by atoms with E-state index in [1.807, 2.05) is 13.0 Å². The molecule has 0 unspecified atom stereocenters. The van der Waals surface area contributed by atoms with E-state index in [0.717, 1.165) is 5.56 Å². The lowest BCUT2D eigenvalue weighted by atomic mass is 10.0. The topological polar surface area (TPSA) is 76.4 Å². The van der Waals surface area contributed by atoms with Crippen LogP contribution >= 0.6 is 0 Å². The predicted octanol–water partition coefficient (Wildman–Crippen LogP) is 2.75. The van der Waals surface area contributed by atoms with Crippen LogP contribution in [-0.2, 0) is 12.6 Å². The molecule has 2 rings (SSSR count). The number of Topliss-reactive ketones (excluding diaryl/α,β-unsaturated/α-hetero) is 1. The summed E-state index contributed by atoms with van der Waals surface area (Å²) in [6, 6.07) is 8.46. The Hall–Kier alpha value is -2.93. The van der Waals surface area contributed by atoms with Crippen molar-refractivity contribution < 1.29 is 14.3 Å². The summed E-state index contributed by atoms with van der Waals surface area (Å²) in [5.74, 6) is -0.350. The van der Waals surface area contributed by atoms with Crippen molar-refractivity contribution in [1.82, 2.24) is 0 Å². The van der Waals surface area contributed by atoms with E-state index in [0.29, 0.717) is 6.54 Å². The first-order valence-electron chi connectivity index (χ1n) is 7.52. The fourth-order valence-corrected chi connectivity index (χ4v) is 2.63. The van der Waals surface area contributed by atoms with Crippen molar-refractivity contribution in [1.29, 1.82) is 0 Å². The number of aliphatic imine (C=N–C) groups is 1. The van der Waals surface area contributed by atoms with Crippen molar-refractivity contribution >= 4 is 29.1 Å². The highest BCUT2D eigenvalue weighted by Crippen LogP contribution is 2.17. The Morgan fingerprint density at radius 2 is 2.20 bits per heavy atom. The lowest BCUT2D eigenvalue weighted by Gasteiger charge is -2.18. The first-order chi connectivity index (χ1) is 11.9. The van der Waals surface area contributed by atoms with E-state index in [9.17, 15) is 14.9 Å². The molecule has 0 N–H and O–H groups in total. The molecule has 1 aromatic carbocycles. The lowest BCUT2D eigenvalue weighted by Crippen LogP contribution is -2.48.